The van der Waals surface area contributed by atoms with E-state index in [0.29, 0.717) is 63.8 Å². The smallest absolute Gasteiger partial charge is 0.291 e. The van der Waals surface area contributed by atoms with Crippen LogP contribution in [0.3, 0.4) is 0 Å². The number of ether oxygens (including phenoxy) is 4. The molecule has 0 unspecified atom stereocenters. The molecular formula is C33H27N5O5S. The molecule has 1 aliphatic rings. The molecule has 0 saturated carbocycles. The highest BCUT2D eigenvalue weighted by atomic mass is 32.1. The number of thiazole rings is 1. The monoisotopic (exact) mass is 605 g/mol. The second-order valence-electron chi connectivity index (χ2n) is 9.83. The third-order valence-electron chi connectivity index (χ3n) is 6.98. The van der Waals surface area contributed by atoms with Crippen LogP contribution in [0.1, 0.15) is 23.9 Å². The number of fused-ring (bicyclic) bond motifs is 2. The van der Waals surface area contributed by atoms with Gasteiger partial charge in [0.05, 0.1) is 23.9 Å². The Morgan fingerprint density at radius 2 is 1.80 bits per heavy atom. The van der Waals surface area contributed by atoms with Crippen LogP contribution >= 0.6 is 11.3 Å². The average molecular weight is 606 g/mol. The molecule has 0 fully saturated rings. The lowest BCUT2D eigenvalue weighted by molar-refractivity contribution is 0.171. The van der Waals surface area contributed by atoms with E-state index in [1.807, 2.05) is 92.0 Å². The fourth-order valence-corrected chi connectivity index (χ4v) is 5.82. The molecule has 0 saturated heterocycles. The zero-order valence-electron chi connectivity index (χ0n) is 24.0. The van der Waals surface area contributed by atoms with Gasteiger partial charge in [0.15, 0.2) is 28.8 Å². The second kappa shape index (κ2) is 11.7. The van der Waals surface area contributed by atoms with Gasteiger partial charge in [0.2, 0.25) is 4.96 Å². The summed E-state index contributed by atoms with van der Waals surface area (Å²) in [6.07, 6.45) is 7.38. The maximum Gasteiger partial charge on any atom is 0.291 e. The highest BCUT2D eigenvalue weighted by Gasteiger charge is 2.18. The lowest BCUT2D eigenvalue weighted by Gasteiger charge is -2.18. The van der Waals surface area contributed by atoms with Gasteiger partial charge in [-0.25, -0.2) is 4.68 Å². The van der Waals surface area contributed by atoms with Gasteiger partial charge in [0, 0.05) is 17.3 Å². The number of nitrogens with zero attached hydrogens (tertiary/aromatic N) is 5. The van der Waals surface area contributed by atoms with Crippen molar-refractivity contribution in [2.75, 3.05) is 26.9 Å². The van der Waals surface area contributed by atoms with E-state index in [9.17, 15) is 4.79 Å². The topological polar surface area (TPSA) is 102 Å². The number of aromatic nitrogens is 5. The van der Waals surface area contributed by atoms with Gasteiger partial charge in [-0.3, -0.25) is 4.79 Å². The second-order valence-corrected chi connectivity index (χ2v) is 10.8. The highest BCUT2D eigenvalue weighted by molar-refractivity contribution is 7.15. The molecule has 44 heavy (non-hydrogen) atoms. The summed E-state index contributed by atoms with van der Waals surface area (Å²) in [4.78, 5) is 18.5. The molecule has 0 aliphatic carbocycles. The average Bonchev–Trinajstić information content (AvgIpc) is 3.75. The van der Waals surface area contributed by atoms with Gasteiger partial charge in [-0.05, 0) is 67.1 Å². The minimum Gasteiger partial charge on any atom is -0.493 e. The molecule has 4 heterocycles. The van der Waals surface area contributed by atoms with E-state index in [-0.39, 0.29) is 5.56 Å². The standard InChI is InChI=1S/C33H27N5O5S/c1-3-41-25-12-9-21(17-27(25)40-2)10-14-30-34-33-38(35-30)32(39)29(44-33)19-23-20-37(24-7-5-4-6-8-24)36-31(23)22-11-13-26-28(18-22)43-16-15-42-26/h4-14,17-20H,3,15-16H2,1-2H3/b14-10+,29-19-. The van der Waals surface area contributed by atoms with Crippen LogP contribution in [0.2, 0.25) is 0 Å². The van der Waals surface area contributed by atoms with Gasteiger partial charge < -0.3 is 18.9 Å². The predicted molar refractivity (Wildman–Crippen MR) is 169 cm³/mol. The molecule has 3 aromatic heterocycles. The summed E-state index contributed by atoms with van der Waals surface area (Å²) in [6, 6.07) is 21.2. The fraction of sp³-hybridized carbons (Fsp3) is 0.152. The van der Waals surface area contributed by atoms with E-state index in [0.717, 1.165) is 22.4 Å². The predicted octanol–water partition coefficient (Wildman–Crippen LogP) is 4.90. The Kier molecular flexibility index (Phi) is 7.29. The first-order valence-electron chi connectivity index (χ1n) is 14.0. The quantitative estimate of drug-likeness (QED) is 0.242. The molecular weight excluding hydrogens is 578 g/mol. The highest BCUT2D eigenvalue weighted by Crippen LogP contribution is 2.35. The van der Waals surface area contributed by atoms with Gasteiger partial charge in [-0.15, -0.1) is 5.10 Å². The van der Waals surface area contributed by atoms with Crippen molar-refractivity contribution >= 4 is 34.5 Å². The molecule has 1 aliphatic heterocycles. The molecule has 220 valence electrons. The Morgan fingerprint density at radius 1 is 0.955 bits per heavy atom. The first-order valence-corrected chi connectivity index (χ1v) is 14.9. The summed E-state index contributed by atoms with van der Waals surface area (Å²) in [5, 5.41) is 9.34. The minimum absolute atomic E-state index is 0.250. The molecule has 0 atom stereocenters. The Hall–Kier alpha value is -5.42. The summed E-state index contributed by atoms with van der Waals surface area (Å²) in [5.74, 6) is 3.12. The van der Waals surface area contributed by atoms with Crippen LogP contribution in [0.25, 0.3) is 40.1 Å². The molecule has 11 heteroatoms. The maximum atomic E-state index is 13.4. The van der Waals surface area contributed by atoms with Crippen molar-refractivity contribution in [1.29, 1.82) is 0 Å². The lowest BCUT2D eigenvalue weighted by Crippen LogP contribution is -2.23. The van der Waals surface area contributed by atoms with Gasteiger partial charge in [0.25, 0.3) is 5.56 Å². The van der Waals surface area contributed by atoms with Crippen LogP contribution in [0.15, 0.2) is 77.7 Å². The van der Waals surface area contributed by atoms with Crippen LogP contribution in [0, 0.1) is 0 Å². The number of para-hydroxylation sites is 1. The van der Waals surface area contributed by atoms with Gasteiger partial charge in [-0.1, -0.05) is 41.7 Å². The molecule has 0 N–H and O–H groups in total. The third kappa shape index (κ3) is 5.29. The van der Waals surface area contributed by atoms with Crippen molar-refractivity contribution in [2.45, 2.75) is 6.92 Å². The van der Waals surface area contributed by atoms with Crippen LogP contribution in [-0.2, 0) is 0 Å². The van der Waals surface area contributed by atoms with Crippen molar-refractivity contribution in [3.63, 3.8) is 0 Å². The van der Waals surface area contributed by atoms with Crippen molar-refractivity contribution < 1.29 is 18.9 Å². The van der Waals surface area contributed by atoms with E-state index >= 15 is 0 Å². The molecule has 0 bridgehead atoms. The fourth-order valence-electron chi connectivity index (χ4n) is 4.91. The maximum absolute atomic E-state index is 13.4. The van der Waals surface area contributed by atoms with E-state index in [2.05, 4.69) is 10.1 Å². The van der Waals surface area contributed by atoms with E-state index < -0.39 is 0 Å². The number of hydrogen-bond donors (Lipinski definition) is 0. The van der Waals surface area contributed by atoms with Crippen LogP contribution in [0.4, 0.5) is 0 Å². The summed E-state index contributed by atoms with van der Waals surface area (Å²) in [6.45, 7) is 3.48. The number of hydrogen-bond acceptors (Lipinski definition) is 9. The van der Waals surface area contributed by atoms with Crippen molar-refractivity contribution in [1.82, 2.24) is 24.4 Å². The lowest BCUT2D eigenvalue weighted by atomic mass is 10.1. The Labute approximate surface area is 256 Å². The number of rotatable bonds is 8. The number of benzene rings is 3. The summed E-state index contributed by atoms with van der Waals surface area (Å²) < 4.78 is 26.2. The minimum atomic E-state index is -0.250. The zero-order valence-corrected chi connectivity index (χ0v) is 24.8. The van der Waals surface area contributed by atoms with E-state index in [1.165, 1.54) is 15.9 Å². The third-order valence-corrected chi connectivity index (χ3v) is 7.94. The van der Waals surface area contributed by atoms with Crippen LogP contribution in [-0.4, -0.2) is 51.3 Å². The van der Waals surface area contributed by atoms with E-state index in [4.69, 9.17) is 24.0 Å². The first kappa shape index (κ1) is 27.4. The largest absolute Gasteiger partial charge is 0.493 e. The molecule has 3 aromatic carbocycles. The van der Waals surface area contributed by atoms with Crippen LogP contribution < -0.4 is 29.0 Å². The molecule has 10 nitrogen and oxygen atoms in total. The molecule has 0 amide bonds. The Morgan fingerprint density at radius 3 is 2.59 bits per heavy atom. The zero-order chi connectivity index (χ0) is 30.0. The first-order chi connectivity index (χ1) is 21.6. The van der Waals surface area contributed by atoms with Crippen LogP contribution in [0.5, 0.6) is 23.0 Å². The summed E-state index contributed by atoms with van der Waals surface area (Å²) in [5.41, 5.74) is 3.87. The SMILES string of the molecule is CCOc1ccc(/C=C/c2nc3s/c(=C\c4cn(-c5ccccc5)nc4-c4ccc5c(c4)OCCO5)c(=O)n3n2)cc1OC. The van der Waals surface area contributed by atoms with Crippen molar-refractivity contribution in [2.24, 2.45) is 0 Å². The Balaban J connectivity index is 1.24. The summed E-state index contributed by atoms with van der Waals surface area (Å²) >= 11 is 1.28. The molecule has 7 rings (SSSR count). The van der Waals surface area contributed by atoms with Gasteiger partial charge >= 0.3 is 0 Å². The molecule has 6 aromatic rings. The summed E-state index contributed by atoms with van der Waals surface area (Å²) in [7, 11) is 1.60. The van der Waals surface area contributed by atoms with Crippen molar-refractivity contribution in [3.05, 3.63) is 105 Å². The molecule has 0 radical (unpaired) electrons. The van der Waals surface area contributed by atoms with Crippen molar-refractivity contribution in [3.8, 4) is 39.9 Å². The van der Waals surface area contributed by atoms with E-state index in [1.54, 1.807) is 17.9 Å². The molecule has 0 spiro atoms. The number of methoxy groups -OCH3 is 1. The van der Waals surface area contributed by atoms with Gasteiger partial charge in [-0.2, -0.15) is 14.6 Å². The van der Waals surface area contributed by atoms with Gasteiger partial charge in [0.1, 0.15) is 18.9 Å². The normalized spacial score (nSPS) is 13.2. The Bertz CT molecular complexity index is 2120.